The second-order valence-electron chi connectivity index (χ2n) is 3.87. The fourth-order valence-corrected chi connectivity index (χ4v) is 2.05. The molecule has 2 rings (SSSR count). The third kappa shape index (κ3) is 3.12. The Kier molecular flexibility index (Phi) is 4.39. The number of hydrogen-bond donors (Lipinski definition) is 1. The maximum atomic E-state index is 11.7. The molecular weight excluding hydrogens is 271 g/mol. The zero-order valence-electron chi connectivity index (χ0n) is 9.62. The van der Waals surface area contributed by atoms with E-state index in [9.17, 15) is 4.79 Å². The predicted octanol–water partition coefficient (Wildman–Crippen LogP) is 3.85. The normalized spacial score (nSPS) is 10.6. The van der Waals surface area contributed by atoms with Gasteiger partial charge in [-0.15, -0.1) is 11.6 Å². The molecule has 2 aromatic rings. The summed E-state index contributed by atoms with van der Waals surface area (Å²) in [6, 6.07) is 7.26. The molecule has 0 aliphatic rings. The van der Waals surface area contributed by atoms with Crippen molar-refractivity contribution in [3.63, 3.8) is 0 Å². The van der Waals surface area contributed by atoms with E-state index >= 15 is 0 Å². The van der Waals surface area contributed by atoms with E-state index in [4.69, 9.17) is 23.2 Å². The third-order valence-corrected chi connectivity index (χ3v) is 2.97. The Morgan fingerprint density at radius 2 is 2.22 bits per heavy atom. The van der Waals surface area contributed by atoms with Crippen molar-refractivity contribution in [3.8, 4) is 0 Å². The average molecular weight is 283 g/mol. The summed E-state index contributed by atoms with van der Waals surface area (Å²) in [5, 5.41) is 4.29. The zero-order chi connectivity index (χ0) is 13.0. The van der Waals surface area contributed by atoms with Gasteiger partial charge in [0.25, 0.3) is 0 Å². The van der Waals surface area contributed by atoms with Crippen molar-refractivity contribution in [2.75, 3.05) is 11.2 Å². The summed E-state index contributed by atoms with van der Waals surface area (Å²) in [5.41, 5.74) is 1.37. The van der Waals surface area contributed by atoms with Crippen LogP contribution in [0.25, 0.3) is 10.9 Å². The fourth-order valence-electron chi connectivity index (χ4n) is 1.69. The summed E-state index contributed by atoms with van der Waals surface area (Å²) in [6.07, 6.45) is 2.73. The van der Waals surface area contributed by atoms with Gasteiger partial charge in [0.15, 0.2) is 0 Å². The van der Waals surface area contributed by atoms with Crippen LogP contribution in [0.15, 0.2) is 30.5 Å². The van der Waals surface area contributed by atoms with E-state index in [0.717, 1.165) is 10.9 Å². The van der Waals surface area contributed by atoms with Crippen molar-refractivity contribution >= 4 is 45.7 Å². The molecule has 1 heterocycles. The van der Waals surface area contributed by atoms with E-state index in [1.54, 1.807) is 12.3 Å². The van der Waals surface area contributed by atoms with Gasteiger partial charge >= 0.3 is 0 Å². The van der Waals surface area contributed by atoms with Crippen LogP contribution in [0.2, 0.25) is 5.02 Å². The van der Waals surface area contributed by atoms with Crippen LogP contribution in [0.4, 0.5) is 5.69 Å². The van der Waals surface area contributed by atoms with Gasteiger partial charge in [-0.1, -0.05) is 17.7 Å². The summed E-state index contributed by atoms with van der Waals surface area (Å²) in [6.45, 7) is 0. The van der Waals surface area contributed by atoms with Crippen molar-refractivity contribution in [1.29, 1.82) is 0 Å². The van der Waals surface area contributed by atoms with Crippen LogP contribution in [0.1, 0.15) is 12.8 Å². The molecule has 0 spiro atoms. The highest BCUT2D eigenvalue weighted by Crippen LogP contribution is 2.26. The molecule has 0 atom stereocenters. The first-order valence-electron chi connectivity index (χ1n) is 5.61. The highest BCUT2D eigenvalue weighted by molar-refractivity contribution is 6.32. The van der Waals surface area contributed by atoms with Gasteiger partial charge in [0.05, 0.1) is 11.2 Å². The van der Waals surface area contributed by atoms with E-state index in [1.165, 1.54) is 0 Å². The molecule has 1 amide bonds. The molecular formula is C13H12Cl2N2O. The number of pyridine rings is 1. The van der Waals surface area contributed by atoms with Crippen LogP contribution >= 0.6 is 23.2 Å². The maximum Gasteiger partial charge on any atom is 0.224 e. The summed E-state index contributed by atoms with van der Waals surface area (Å²) >= 11 is 11.6. The van der Waals surface area contributed by atoms with Crippen LogP contribution < -0.4 is 5.32 Å². The van der Waals surface area contributed by atoms with Gasteiger partial charge in [-0.25, -0.2) is 0 Å². The summed E-state index contributed by atoms with van der Waals surface area (Å²) < 4.78 is 0. The number of amides is 1. The molecule has 0 saturated carbocycles. The van der Waals surface area contributed by atoms with Crippen LogP contribution in [0.5, 0.6) is 0 Å². The largest absolute Gasteiger partial charge is 0.324 e. The third-order valence-electron chi connectivity index (χ3n) is 2.48. The van der Waals surface area contributed by atoms with Gasteiger partial charge in [0.1, 0.15) is 0 Å². The maximum absolute atomic E-state index is 11.7. The summed E-state index contributed by atoms with van der Waals surface area (Å²) in [7, 11) is 0. The quantitative estimate of drug-likeness (QED) is 0.866. The molecule has 0 aliphatic heterocycles. The van der Waals surface area contributed by atoms with Gasteiger partial charge in [-0.2, -0.15) is 0 Å². The van der Waals surface area contributed by atoms with Gasteiger partial charge in [-0.3, -0.25) is 9.78 Å². The molecule has 0 unspecified atom stereocenters. The number of fused-ring (bicyclic) bond motifs is 1. The number of hydrogen-bond acceptors (Lipinski definition) is 2. The van der Waals surface area contributed by atoms with Gasteiger partial charge in [-0.05, 0) is 24.6 Å². The Morgan fingerprint density at radius 3 is 3.00 bits per heavy atom. The van der Waals surface area contributed by atoms with Crippen LogP contribution in [0.3, 0.4) is 0 Å². The molecule has 0 saturated heterocycles. The minimum absolute atomic E-state index is 0.0788. The van der Waals surface area contributed by atoms with E-state index in [-0.39, 0.29) is 5.91 Å². The molecule has 0 radical (unpaired) electrons. The first-order chi connectivity index (χ1) is 8.70. The highest BCUT2D eigenvalue weighted by Gasteiger charge is 2.08. The number of anilines is 1. The molecule has 3 nitrogen and oxygen atoms in total. The second kappa shape index (κ2) is 6.03. The standard InChI is InChI=1S/C13H12Cl2N2O/c14-5-1-4-12(18)17-11-8-10(15)7-9-3-2-6-16-13(9)11/h2-3,6-8H,1,4-5H2,(H,17,18). The first-order valence-corrected chi connectivity index (χ1v) is 6.52. The lowest BCUT2D eigenvalue weighted by atomic mass is 10.2. The fraction of sp³-hybridized carbons (Fsp3) is 0.231. The Hall–Kier alpha value is -1.32. The van der Waals surface area contributed by atoms with E-state index in [1.807, 2.05) is 18.2 Å². The number of halogens is 2. The predicted molar refractivity (Wildman–Crippen MR) is 75.3 cm³/mol. The van der Waals surface area contributed by atoms with Crippen LogP contribution in [-0.2, 0) is 4.79 Å². The van der Waals surface area contributed by atoms with Crippen LogP contribution in [-0.4, -0.2) is 16.8 Å². The second-order valence-corrected chi connectivity index (χ2v) is 4.68. The monoisotopic (exact) mass is 282 g/mol. The number of nitrogens with zero attached hydrogens (tertiary/aromatic N) is 1. The Bertz CT molecular complexity index is 572. The van der Waals surface area contributed by atoms with Crippen molar-refractivity contribution < 1.29 is 4.79 Å². The molecule has 0 fully saturated rings. The highest BCUT2D eigenvalue weighted by atomic mass is 35.5. The lowest BCUT2D eigenvalue weighted by molar-refractivity contribution is -0.116. The Labute approximate surface area is 115 Å². The van der Waals surface area contributed by atoms with Gasteiger partial charge < -0.3 is 5.32 Å². The SMILES string of the molecule is O=C(CCCCl)Nc1cc(Cl)cc2cccnc12. The molecule has 18 heavy (non-hydrogen) atoms. The van der Waals surface area contributed by atoms with Crippen molar-refractivity contribution in [2.24, 2.45) is 0 Å². The number of benzene rings is 1. The number of carbonyl (C=O) groups is 1. The zero-order valence-corrected chi connectivity index (χ0v) is 11.1. The number of alkyl halides is 1. The van der Waals surface area contributed by atoms with E-state index < -0.39 is 0 Å². The molecule has 1 aromatic carbocycles. The summed E-state index contributed by atoms with van der Waals surface area (Å²) in [4.78, 5) is 15.9. The molecule has 1 N–H and O–H groups in total. The molecule has 0 aliphatic carbocycles. The van der Waals surface area contributed by atoms with Crippen molar-refractivity contribution in [3.05, 3.63) is 35.5 Å². The lowest BCUT2D eigenvalue weighted by Crippen LogP contribution is -2.11. The van der Waals surface area contributed by atoms with Gasteiger partial charge in [0, 0.05) is 28.9 Å². The molecule has 0 bridgehead atoms. The smallest absolute Gasteiger partial charge is 0.224 e. The molecule has 1 aromatic heterocycles. The molecule has 5 heteroatoms. The number of carbonyl (C=O) groups excluding carboxylic acids is 1. The van der Waals surface area contributed by atoms with Crippen molar-refractivity contribution in [2.45, 2.75) is 12.8 Å². The minimum Gasteiger partial charge on any atom is -0.324 e. The lowest BCUT2D eigenvalue weighted by Gasteiger charge is -2.08. The Morgan fingerprint density at radius 1 is 1.39 bits per heavy atom. The van der Waals surface area contributed by atoms with Crippen LogP contribution in [0, 0.1) is 0 Å². The van der Waals surface area contributed by atoms with Crippen molar-refractivity contribution in [1.82, 2.24) is 4.98 Å². The number of nitrogens with one attached hydrogen (secondary N) is 1. The summed E-state index contributed by atoms with van der Waals surface area (Å²) in [5.74, 6) is 0.395. The van der Waals surface area contributed by atoms with E-state index in [0.29, 0.717) is 29.4 Å². The average Bonchev–Trinajstić information content (AvgIpc) is 2.36. The number of rotatable bonds is 4. The topological polar surface area (TPSA) is 42.0 Å². The first kappa shape index (κ1) is 13.1. The molecule has 94 valence electrons. The van der Waals surface area contributed by atoms with E-state index in [2.05, 4.69) is 10.3 Å². The number of aromatic nitrogens is 1. The van der Waals surface area contributed by atoms with Gasteiger partial charge in [0.2, 0.25) is 5.91 Å². The minimum atomic E-state index is -0.0788. The Balaban J connectivity index is 2.29.